The predicted octanol–water partition coefficient (Wildman–Crippen LogP) is 1.09. The van der Waals surface area contributed by atoms with Crippen LogP contribution in [-0.2, 0) is 6.54 Å². The minimum absolute atomic E-state index is 0.209. The van der Waals surface area contributed by atoms with E-state index >= 15 is 0 Å². The fourth-order valence-electron chi connectivity index (χ4n) is 2.46. The number of halogens is 1. The number of likely N-dealkylation sites (N-methyl/N-ethyl adjacent to an activating group) is 1. The molecule has 5 heteroatoms. The third kappa shape index (κ3) is 4.44. The molecule has 0 atom stereocenters. The Kier molecular flexibility index (Phi) is 5.34. The van der Waals surface area contributed by atoms with Crippen molar-refractivity contribution in [1.82, 2.24) is 14.7 Å². The van der Waals surface area contributed by atoms with Crippen molar-refractivity contribution in [2.75, 3.05) is 59.1 Å². The van der Waals surface area contributed by atoms with Gasteiger partial charge in [0.2, 0.25) is 0 Å². The van der Waals surface area contributed by atoms with Crippen molar-refractivity contribution in [3.63, 3.8) is 0 Å². The molecule has 1 heterocycles. The van der Waals surface area contributed by atoms with Crippen molar-refractivity contribution in [2.24, 2.45) is 0 Å². The lowest BCUT2D eigenvalue weighted by Gasteiger charge is -2.35. The van der Waals surface area contributed by atoms with Gasteiger partial charge in [-0.3, -0.25) is 9.80 Å². The molecule has 1 aliphatic heterocycles. The zero-order chi connectivity index (χ0) is 14.5. The Morgan fingerprint density at radius 1 is 1.15 bits per heavy atom. The molecule has 20 heavy (non-hydrogen) atoms. The molecular formula is C15H25FN4. The van der Waals surface area contributed by atoms with Crippen LogP contribution in [0, 0.1) is 5.82 Å². The molecule has 0 bridgehead atoms. The largest absolute Gasteiger partial charge is 0.398 e. The molecule has 0 amide bonds. The van der Waals surface area contributed by atoms with Gasteiger partial charge in [0, 0.05) is 51.5 Å². The summed E-state index contributed by atoms with van der Waals surface area (Å²) in [4.78, 5) is 7.03. The van der Waals surface area contributed by atoms with E-state index in [0.717, 1.165) is 51.4 Å². The molecule has 0 unspecified atom stereocenters. The summed E-state index contributed by atoms with van der Waals surface area (Å²) in [5.74, 6) is -0.209. The first kappa shape index (κ1) is 15.2. The number of nitrogens with two attached hydrogens (primary N) is 1. The van der Waals surface area contributed by atoms with Crippen molar-refractivity contribution in [3.8, 4) is 0 Å². The van der Waals surface area contributed by atoms with Gasteiger partial charge < -0.3 is 10.6 Å². The first-order chi connectivity index (χ1) is 9.54. The highest BCUT2D eigenvalue weighted by Gasteiger charge is 2.17. The third-order valence-corrected chi connectivity index (χ3v) is 3.83. The van der Waals surface area contributed by atoms with E-state index in [2.05, 4.69) is 28.8 Å². The van der Waals surface area contributed by atoms with Gasteiger partial charge in [-0.25, -0.2) is 4.39 Å². The van der Waals surface area contributed by atoms with E-state index in [1.165, 1.54) is 6.07 Å². The maximum atomic E-state index is 13.3. The van der Waals surface area contributed by atoms with Gasteiger partial charge in [0.1, 0.15) is 5.82 Å². The molecule has 2 N–H and O–H groups in total. The van der Waals surface area contributed by atoms with Crippen LogP contribution in [0.3, 0.4) is 0 Å². The summed E-state index contributed by atoms with van der Waals surface area (Å²) in [6, 6.07) is 4.61. The van der Waals surface area contributed by atoms with Gasteiger partial charge in [0.15, 0.2) is 0 Å². The van der Waals surface area contributed by atoms with Gasteiger partial charge >= 0.3 is 0 Å². The number of nitrogens with zero attached hydrogens (tertiary/aromatic N) is 3. The molecule has 1 aromatic rings. The summed E-state index contributed by atoms with van der Waals surface area (Å²) >= 11 is 0. The lowest BCUT2D eigenvalue weighted by molar-refractivity contribution is 0.120. The average Bonchev–Trinajstić information content (AvgIpc) is 2.42. The van der Waals surface area contributed by atoms with E-state index in [0.29, 0.717) is 5.69 Å². The lowest BCUT2D eigenvalue weighted by atomic mass is 10.1. The highest BCUT2D eigenvalue weighted by atomic mass is 19.1. The van der Waals surface area contributed by atoms with Crippen LogP contribution in [0.1, 0.15) is 5.56 Å². The van der Waals surface area contributed by atoms with Crippen molar-refractivity contribution >= 4 is 5.69 Å². The molecule has 0 aliphatic carbocycles. The number of rotatable bonds is 5. The molecule has 0 aromatic heterocycles. The van der Waals surface area contributed by atoms with Gasteiger partial charge in [-0.2, -0.15) is 0 Å². The van der Waals surface area contributed by atoms with Crippen molar-refractivity contribution in [3.05, 3.63) is 29.6 Å². The van der Waals surface area contributed by atoms with Crippen LogP contribution in [0.2, 0.25) is 0 Å². The van der Waals surface area contributed by atoms with Gasteiger partial charge in [0.05, 0.1) is 0 Å². The normalized spacial score (nSPS) is 17.8. The van der Waals surface area contributed by atoms with E-state index in [-0.39, 0.29) is 5.82 Å². The maximum Gasteiger partial charge on any atom is 0.123 e. The fraction of sp³-hybridized carbons (Fsp3) is 0.600. The second-order valence-electron chi connectivity index (χ2n) is 5.76. The Morgan fingerprint density at radius 3 is 2.45 bits per heavy atom. The Labute approximate surface area is 120 Å². The maximum absolute atomic E-state index is 13.3. The van der Waals surface area contributed by atoms with Crippen LogP contribution in [-0.4, -0.2) is 68.1 Å². The van der Waals surface area contributed by atoms with E-state index < -0.39 is 0 Å². The topological polar surface area (TPSA) is 35.7 Å². The Hall–Kier alpha value is -1.17. The van der Waals surface area contributed by atoms with Crippen molar-refractivity contribution < 1.29 is 4.39 Å². The summed E-state index contributed by atoms with van der Waals surface area (Å²) in [7, 11) is 4.20. The monoisotopic (exact) mass is 280 g/mol. The first-order valence-corrected chi connectivity index (χ1v) is 7.18. The third-order valence-electron chi connectivity index (χ3n) is 3.83. The van der Waals surface area contributed by atoms with Crippen LogP contribution >= 0.6 is 0 Å². The number of hydrogen-bond donors (Lipinski definition) is 1. The molecule has 1 fully saturated rings. The van der Waals surface area contributed by atoms with E-state index in [9.17, 15) is 4.39 Å². The Morgan fingerprint density at radius 2 is 1.80 bits per heavy atom. The SMILES string of the molecule is CN(C)CCN1CCN(Cc2cc(F)ccc2N)CC1. The minimum Gasteiger partial charge on any atom is -0.398 e. The van der Waals surface area contributed by atoms with Gasteiger partial charge in [0.25, 0.3) is 0 Å². The summed E-state index contributed by atoms with van der Waals surface area (Å²) in [5.41, 5.74) is 7.48. The molecule has 0 radical (unpaired) electrons. The number of hydrogen-bond acceptors (Lipinski definition) is 4. The van der Waals surface area contributed by atoms with Gasteiger partial charge in [-0.15, -0.1) is 0 Å². The molecular weight excluding hydrogens is 255 g/mol. The van der Waals surface area contributed by atoms with Crippen molar-refractivity contribution in [1.29, 1.82) is 0 Å². The van der Waals surface area contributed by atoms with Crippen molar-refractivity contribution in [2.45, 2.75) is 6.54 Å². The lowest BCUT2D eigenvalue weighted by Crippen LogP contribution is -2.47. The fourth-order valence-corrected chi connectivity index (χ4v) is 2.46. The second-order valence-corrected chi connectivity index (χ2v) is 5.76. The number of piperazine rings is 1. The Bertz CT molecular complexity index is 428. The quantitative estimate of drug-likeness (QED) is 0.819. The van der Waals surface area contributed by atoms with Gasteiger partial charge in [-0.05, 0) is 37.9 Å². The molecule has 1 aliphatic rings. The van der Waals surface area contributed by atoms with E-state index in [4.69, 9.17) is 5.73 Å². The standard InChI is InChI=1S/C15H25FN4/c1-18(2)5-6-19-7-9-20(10-8-19)12-13-11-14(16)3-4-15(13)17/h3-4,11H,5-10,12,17H2,1-2H3. The smallest absolute Gasteiger partial charge is 0.123 e. The molecule has 1 aromatic carbocycles. The van der Waals surface area contributed by atoms with Crippen LogP contribution in [0.15, 0.2) is 18.2 Å². The summed E-state index contributed by atoms with van der Waals surface area (Å²) in [6.07, 6.45) is 0. The second kappa shape index (κ2) is 7.02. The summed E-state index contributed by atoms with van der Waals surface area (Å²) < 4.78 is 13.3. The molecule has 1 saturated heterocycles. The van der Waals surface area contributed by atoms with E-state index in [1.807, 2.05) is 0 Å². The van der Waals surface area contributed by atoms with Crippen LogP contribution in [0.25, 0.3) is 0 Å². The summed E-state index contributed by atoms with van der Waals surface area (Å²) in [5, 5.41) is 0. The zero-order valence-corrected chi connectivity index (χ0v) is 12.5. The molecule has 0 saturated carbocycles. The number of nitrogen functional groups attached to an aromatic ring is 1. The Balaban J connectivity index is 1.81. The molecule has 0 spiro atoms. The highest BCUT2D eigenvalue weighted by molar-refractivity contribution is 5.46. The first-order valence-electron chi connectivity index (χ1n) is 7.18. The molecule has 112 valence electrons. The summed E-state index contributed by atoms with van der Waals surface area (Å²) in [6.45, 7) is 7.13. The van der Waals surface area contributed by atoms with Gasteiger partial charge in [-0.1, -0.05) is 0 Å². The van der Waals surface area contributed by atoms with Crippen LogP contribution in [0.5, 0.6) is 0 Å². The molecule has 2 rings (SSSR count). The molecule has 4 nitrogen and oxygen atoms in total. The van der Waals surface area contributed by atoms with Crippen LogP contribution in [0.4, 0.5) is 10.1 Å². The van der Waals surface area contributed by atoms with E-state index in [1.54, 1.807) is 12.1 Å². The highest BCUT2D eigenvalue weighted by Crippen LogP contribution is 2.16. The zero-order valence-electron chi connectivity index (χ0n) is 12.5. The number of benzene rings is 1. The predicted molar refractivity (Wildman–Crippen MR) is 81.1 cm³/mol. The van der Waals surface area contributed by atoms with Crippen LogP contribution < -0.4 is 5.73 Å². The average molecular weight is 280 g/mol. The minimum atomic E-state index is -0.209. The number of anilines is 1.